The van der Waals surface area contributed by atoms with Crippen LogP contribution < -0.4 is 20.1 Å². The lowest BCUT2D eigenvalue weighted by atomic mass is 10.2. The predicted molar refractivity (Wildman–Crippen MR) is 62.2 cm³/mol. The monoisotopic (exact) mass is 260 g/mol. The number of rotatable bonds is 6. The first-order chi connectivity index (χ1) is 8.56. The van der Waals surface area contributed by atoms with Crippen LogP contribution in [0.4, 0.5) is 14.5 Å². The Morgan fingerprint density at radius 2 is 2.11 bits per heavy atom. The van der Waals surface area contributed by atoms with Crippen LogP contribution in [-0.4, -0.2) is 33.2 Å². The molecule has 2 N–H and O–H groups in total. The molecule has 0 saturated carbocycles. The Morgan fingerprint density at radius 3 is 2.67 bits per heavy atom. The van der Waals surface area contributed by atoms with Crippen LogP contribution in [0.2, 0.25) is 0 Å². The third kappa shape index (κ3) is 4.17. The molecule has 0 aliphatic rings. The molecule has 0 fully saturated rings. The summed E-state index contributed by atoms with van der Waals surface area (Å²) < 4.78 is 33.5. The van der Waals surface area contributed by atoms with E-state index >= 15 is 0 Å². The van der Waals surface area contributed by atoms with Gasteiger partial charge >= 0.3 is 6.61 Å². The quantitative estimate of drug-likeness (QED) is 0.813. The Morgan fingerprint density at radius 1 is 1.39 bits per heavy atom. The molecule has 5 nitrogen and oxygen atoms in total. The molecule has 0 spiro atoms. The Hall–Kier alpha value is -1.89. The fourth-order valence-corrected chi connectivity index (χ4v) is 1.31. The summed E-state index contributed by atoms with van der Waals surface area (Å²) in [6.07, 6.45) is 0. The molecule has 0 aliphatic heterocycles. The third-order valence-corrected chi connectivity index (χ3v) is 2.00. The minimum atomic E-state index is -2.96. The highest BCUT2D eigenvalue weighted by Crippen LogP contribution is 2.31. The highest BCUT2D eigenvalue weighted by molar-refractivity contribution is 5.92. The van der Waals surface area contributed by atoms with Crippen LogP contribution in [0.3, 0.4) is 0 Å². The molecule has 0 saturated heterocycles. The number of anilines is 1. The molecular formula is C11H14F2N2O3. The van der Waals surface area contributed by atoms with E-state index in [0.29, 0.717) is 5.69 Å². The predicted octanol–water partition coefficient (Wildman–Crippen LogP) is 1.45. The number of carbonyl (C=O) groups is 1. The van der Waals surface area contributed by atoms with E-state index in [-0.39, 0.29) is 24.0 Å². The molecular weight excluding hydrogens is 246 g/mol. The molecule has 0 atom stereocenters. The number of halogens is 2. The van der Waals surface area contributed by atoms with Gasteiger partial charge in [-0.05, 0) is 19.2 Å². The van der Waals surface area contributed by atoms with Crippen LogP contribution in [-0.2, 0) is 4.79 Å². The van der Waals surface area contributed by atoms with E-state index in [1.54, 1.807) is 7.05 Å². The Balaban J connectivity index is 2.85. The molecule has 1 aromatic carbocycles. The Bertz CT molecular complexity index is 413. The molecule has 0 aliphatic carbocycles. The van der Waals surface area contributed by atoms with Crippen LogP contribution in [0, 0.1) is 0 Å². The highest BCUT2D eigenvalue weighted by Gasteiger charge is 2.12. The molecule has 18 heavy (non-hydrogen) atoms. The fourth-order valence-electron chi connectivity index (χ4n) is 1.31. The molecule has 1 rings (SSSR count). The molecule has 100 valence electrons. The van der Waals surface area contributed by atoms with Gasteiger partial charge in [-0.3, -0.25) is 4.79 Å². The minimum absolute atomic E-state index is 0.122. The number of hydrogen-bond acceptors (Lipinski definition) is 4. The van der Waals surface area contributed by atoms with Gasteiger partial charge in [0, 0.05) is 11.8 Å². The van der Waals surface area contributed by atoms with Gasteiger partial charge in [0.25, 0.3) is 0 Å². The van der Waals surface area contributed by atoms with Gasteiger partial charge in [0.1, 0.15) is 0 Å². The van der Waals surface area contributed by atoms with Crippen LogP contribution in [0.15, 0.2) is 18.2 Å². The van der Waals surface area contributed by atoms with Crippen molar-refractivity contribution in [3.63, 3.8) is 0 Å². The molecule has 1 amide bonds. The zero-order chi connectivity index (χ0) is 13.5. The van der Waals surface area contributed by atoms with Crippen LogP contribution in [0.5, 0.6) is 11.5 Å². The fraction of sp³-hybridized carbons (Fsp3) is 0.364. The van der Waals surface area contributed by atoms with Crippen molar-refractivity contribution in [3.05, 3.63) is 18.2 Å². The number of benzene rings is 1. The maximum absolute atomic E-state index is 12.2. The van der Waals surface area contributed by atoms with Crippen molar-refractivity contribution in [3.8, 4) is 11.5 Å². The summed E-state index contributed by atoms with van der Waals surface area (Å²) in [5.74, 6) is -0.248. The van der Waals surface area contributed by atoms with Crippen molar-refractivity contribution in [1.29, 1.82) is 0 Å². The first-order valence-corrected chi connectivity index (χ1v) is 5.14. The molecule has 0 heterocycles. The second-order valence-electron chi connectivity index (χ2n) is 3.32. The summed E-state index contributed by atoms with van der Waals surface area (Å²) in [7, 11) is 2.96. The Labute approximate surface area is 103 Å². The largest absolute Gasteiger partial charge is 0.493 e. The smallest absolute Gasteiger partial charge is 0.387 e. The topological polar surface area (TPSA) is 59.6 Å². The van der Waals surface area contributed by atoms with Crippen molar-refractivity contribution in [2.75, 3.05) is 26.0 Å². The van der Waals surface area contributed by atoms with E-state index in [2.05, 4.69) is 15.4 Å². The number of methoxy groups -OCH3 is 1. The number of nitrogens with one attached hydrogen (secondary N) is 2. The lowest BCUT2D eigenvalue weighted by molar-refractivity contribution is -0.115. The maximum atomic E-state index is 12.2. The number of likely N-dealkylation sites (N-methyl/N-ethyl adjacent to an activating group) is 1. The van der Waals surface area contributed by atoms with Gasteiger partial charge in [-0.2, -0.15) is 8.78 Å². The molecule has 0 radical (unpaired) electrons. The average Bonchev–Trinajstić information content (AvgIpc) is 2.28. The molecule has 1 aromatic rings. The van der Waals surface area contributed by atoms with Gasteiger partial charge in [0.15, 0.2) is 11.5 Å². The SMILES string of the molecule is CNCC(=O)Nc1ccc(OC)c(OC(F)F)c1. The standard InChI is InChI=1S/C11H14F2N2O3/c1-14-6-10(16)15-7-3-4-8(17-2)9(5-7)18-11(12)13/h3-5,11,14H,6H2,1-2H3,(H,15,16). The lowest BCUT2D eigenvalue weighted by Crippen LogP contribution is -2.25. The van der Waals surface area contributed by atoms with E-state index < -0.39 is 6.61 Å². The average molecular weight is 260 g/mol. The van der Waals surface area contributed by atoms with Gasteiger partial charge in [-0.1, -0.05) is 0 Å². The molecule has 0 bridgehead atoms. The second-order valence-corrected chi connectivity index (χ2v) is 3.32. The summed E-state index contributed by atoms with van der Waals surface area (Å²) >= 11 is 0. The van der Waals surface area contributed by atoms with Crippen molar-refractivity contribution in [2.45, 2.75) is 6.61 Å². The number of carbonyl (C=O) groups excluding carboxylic acids is 1. The van der Waals surface area contributed by atoms with E-state index in [9.17, 15) is 13.6 Å². The number of ether oxygens (including phenoxy) is 2. The summed E-state index contributed by atoms with van der Waals surface area (Å²) in [4.78, 5) is 11.3. The Kier molecular flexibility index (Phi) is 5.31. The van der Waals surface area contributed by atoms with Gasteiger partial charge in [0.05, 0.1) is 13.7 Å². The first kappa shape index (κ1) is 14.2. The van der Waals surface area contributed by atoms with E-state index in [1.165, 1.54) is 25.3 Å². The van der Waals surface area contributed by atoms with E-state index in [4.69, 9.17) is 4.74 Å². The number of amides is 1. The number of alkyl halides is 2. The maximum Gasteiger partial charge on any atom is 0.387 e. The van der Waals surface area contributed by atoms with Crippen molar-refractivity contribution < 1.29 is 23.0 Å². The minimum Gasteiger partial charge on any atom is -0.493 e. The second kappa shape index (κ2) is 6.75. The van der Waals surface area contributed by atoms with Crippen LogP contribution >= 0.6 is 0 Å². The number of hydrogen-bond donors (Lipinski definition) is 2. The lowest BCUT2D eigenvalue weighted by Gasteiger charge is -2.12. The molecule has 7 heteroatoms. The molecule has 0 unspecified atom stereocenters. The summed E-state index contributed by atoms with van der Waals surface area (Å²) in [5.41, 5.74) is 0.353. The van der Waals surface area contributed by atoms with Crippen LogP contribution in [0.1, 0.15) is 0 Å². The van der Waals surface area contributed by atoms with Crippen LogP contribution in [0.25, 0.3) is 0 Å². The zero-order valence-corrected chi connectivity index (χ0v) is 10.00. The highest BCUT2D eigenvalue weighted by atomic mass is 19.3. The zero-order valence-electron chi connectivity index (χ0n) is 10.00. The van der Waals surface area contributed by atoms with Crippen molar-refractivity contribution >= 4 is 11.6 Å². The van der Waals surface area contributed by atoms with Gasteiger partial charge in [0.2, 0.25) is 5.91 Å². The van der Waals surface area contributed by atoms with Crippen molar-refractivity contribution in [1.82, 2.24) is 5.32 Å². The summed E-state index contributed by atoms with van der Waals surface area (Å²) in [6.45, 7) is -2.83. The van der Waals surface area contributed by atoms with Crippen molar-refractivity contribution in [2.24, 2.45) is 0 Å². The third-order valence-electron chi connectivity index (χ3n) is 2.00. The summed E-state index contributed by atoms with van der Waals surface area (Å²) in [6, 6.07) is 4.25. The first-order valence-electron chi connectivity index (χ1n) is 5.14. The van der Waals surface area contributed by atoms with Gasteiger partial charge in [-0.15, -0.1) is 0 Å². The van der Waals surface area contributed by atoms with Gasteiger partial charge in [-0.25, -0.2) is 0 Å². The van der Waals surface area contributed by atoms with E-state index in [1.807, 2.05) is 0 Å². The normalized spacial score (nSPS) is 10.3. The van der Waals surface area contributed by atoms with E-state index in [0.717, 1.165) is 0 Å². The summed E-state index contributed by atoms with van der Waals surface area (Å²) in [5, 5.41) is 5.20. The van der Waals surface area contributed by atoms with Gasteiger partial charge < -0.3 is 20.1 Å². The molecule has 0 aromatic heterocycles.